The lowest BCUT2D eigenvalue weighted by atomic mass is 10.2. The topological polar surface area (TPSA) is 63.9 Å². The van der Waals surface area contributed by atoms with Gasteiger partial charge in [-0.2, -0.15) is 5.10 Å². The number of likely N-dealkylation sites (tertiary alicyclic amines) is 1. The number of rotatable bonds is 2. The van der Waals surface area contributed by atoms with Crippen molar-refractivity contribution < 1.29 is 4.79 Å². The van der Waals surface area contributed by atoms with Gasteiger partial charge in [0.05, 0.1) is 17.1 Å². The largest absolute Gasteiger partial charge is 0.337 e. The molecule has 1 aliphatic heterocycles. The van der Waals surface area contributed by atoms with Gasteiger partial charge in [0.15, 0.2) is 5.65 Å². The summed E-state index contributed by atoms with van der Waals surface area (Å²) < 4.78 is 2.64. The molecule has 0 radical (unpaired) electrons. The Hall–Kier alpha value is -1.76. The quantitative estimate of drug-likeness (QED) is 0.786. The Bertz CT molecular complexity index is 695. The van der Waals surface area contributed by atoms with E-state index < -0.39 is 0 Å². The molecule has 3 heterocycles. The molecule has 3 rings (SSSR count). The minimum absolute atomic E-state index is 0.0335. The van der Waals surface area contributed by atoms with E-state index >= 15 is 0 Å². The first-order chi connectivity index (χ1) is 9.61. The van der Waals surface area contributed by atoms with Gasteiger partial charge in [0, 0.05) is 13.1 Å². The first-order valence-electron chi connectivity index (χ1n) is 6.38. The van der Waals surface area contributed by atoms with Gasteiger partial charge in [-0.3, -0.25) is 4.79 Å². The molecule has 0 saturated carbocycles. The molecule has 20 heavy (non-hydrogen) atoms. The zero-order valence-corrected chi connectivity index (χ0v) is 12.7. The Balaban J connectivity index is 1.98. The van der Waals surface area contributed by atoms with Gasteiger partial charge in [-0.05, 0) is 35.4 Å². The second-order valence-corrected chi connectivity index (χ2v) is 5.58. The molecular weight excluding hydrogens is 322 g/mol. The molecule has 104 valence electrons. The van der Waals surface area contributed by atoms with Gasteiger partial charge in [0.1, 0.15) is 10.9 Å². The van der Waals surface area contributed by atoms with Crippen molar-refractivity contribution in [3.8, 4) is 0 Å². The predicted octanol–water partition coefficient (Wildman–Crippen LogP) is 1.86. The molecule has 1 aliphatic rings. The number of fused-ring (bicyclic) bond motifs is 1. The Labute approximate surface area is 124 Å². The summed E-state index contributed by atoms with van der Waals surface area (Å²) >= 11 is 3.46. The van der Waals surface area contributed by atoms with Crippen LogP contribution in [0.3, 0.4) is 0 Å². The van der Waals surface area contributed by atoms with E-state index in [9.17, 15) is 4.79 Å². The minimum Gasteiger partial charge on any atom is -0.337 e. The minimum atomic E-state index is -0.0335. The molecule has 1 amide bonds. The number of amides is 1. The van der Waals surface area contributed by atoms with Gasteiger partial charge in [-0.1, -0.05) is 6.58 Å². The predicted molar refractivity (Wildman–Crippen MR) is 78.2 cm³/mol. The summed E-state index contributed by atoms with van der Waals surface area (Å²) in [5.41, 5.74) is 1.70. The molecule has 0 aliphatic carbocycles. The first kappa shape index (κ1) is 13.2. The lowest BCUT2D eigenvalue weighted by Gasteiger charge is -2.14. The molecular formula is C13H14BrN5O. The summed E-state index contributed by atoms with van der Waals surface area (Å²) in [6.45, 7) is 6.82. The van der Waals surface area contributed by atoms with E-state index in [-0.39, 0.29) is 11.9 Å². The monoisotopic (exact) mass is 335 g/mol. The van der Waals surface area contributed by atoms with Crippen molar-refractivity contribution in [1.82, 2.24) is 24.6 Å². The summed E-state index contributed by atoms with van der Waals surface area (Å²) in [4.78, 5) is 22.0. The van der Waals surface area contributed by atoms with Crippen molar-refractivity contribution in [1.29, 1.82) is 0 Å². The fourth-order valence-electron chi connectivity index (χ4n) is 2.59. The number of aryl methyl sites for hydroxylation is 1. The molecule has 1 saturated heterocycles. The maximum absolute atomic E-state index is 11.7. The number of carbonyl (C=O) groups excluding carboxylic acids is 1. The zero-order valence-electron chi connectivity index (χ0n) is 11.1. The van der Waals surface area contributed by atoms with Crippen LogP contribution >= 0.6 is 15.9 Å². The summed E-state index contributed by atoms with van der Waals surface area (Å²) in [5, 5.41) is 5.45. The van der Waals surface area contributed by atoms with Gasteiger partial charge in [0.2, 0.25) is 5.91 Å². The van der Waals surface area contributed by atoms with Crippen LogP contribution in [0.4, 0.5) is 0 Å². The second kappa shape index (κ2) is 4.97. The van der Waals surface area contributed by atoms with Crippen LogP contribution in [0.2, 0.25) is 0 Å². The Morgan fingerprint density at radius 1 is 1.55 bits per heavy atom. The van der Waals surface area contributed by atoms with Crippen molar-refractivity contribution in [3.63, 3.8) is 0 Å². The Kier molecular flexibility index (Phi) is 3.29. The number of nitrogens with zero attached hydrogens (tertiary/aromatic N) is 5. The smallest absolute Gasteiger partial charge is 0.246 e. The zero-order chi connectivity index (χ0) is 14.3. The maximum atomic E-state index is 11.7. The van der Waals surface area contributed by atoms with Crippen LogP contribution in [0.1, 0.15) is 18.2 Å². The fraction of sp³-hybridized carbons (Fsp3) is 0.385. The van der Waals surface area contributed by atoms with Crippen LogP contribution in [0, 0.1) is 6.92 Å². The van der Waals surface area contributed by atoms with Gasteiger partial charge >= 0.3 is 0 Å². The molecule has 6 nitrogen and oxygen atoms in total. The molecule has 0 spiro atoms. The highest BCUT2D eigenvalue weighted by Gasteiger charge is 2.29. The van der Waals surface area contributed by atoms with E-state index in [2.05, 4.69) is 37.6 Å². The van der Waals surface area contributed by atoms with E-state index in [1.54, 1.807) is 11.2 Å². The first-order valence-corrected chi connectivity index (χ1v) is 7.17. The number of hydrogen-bond donors (Lipinski definition) is 0. The average molecular weight is 336 g/mol. The average Bonchev–Trinajstić information content (AvgIpc) is 3.04. The normalized spacial score (nSPS) is 18.7. The lowest BCUT2D eigenvalue weighted by molar-refractivity contribution is -0.125. The molecule has 0 aromatic carbocycles. The van der Waals surface area contributed by atoms with Crippen LogP contribution < -0.4 is 0 Å². The Morgan fingerprint density at radius 2 is 2.35 bits per heavy atom. The van der Waals surface area contributed by atoms with Crippen molar-refractivity contribution in [2.45, 2.75) is 19.4 Å². The third kappa shape index (κ3) is 2.02. The number of aromatic nitrogens is 4. The van der Waals surface area contributed by atoms with E-state index in [1.165, 1.54) is 6.08 Å². The third-order valence-corrected chi connectivity index (χ3v) is 4.19. The van der Waals surface area contributed by atoms with E-state index in [0.717, 1.165) is 34.3 Å². The second-order valence-electron chi connectivity index (χ2n) is 4.82. The van der Waals surface area contributed by atoms with Gasteiger partial charge in [-0.15, -0.1) is 0 Å². The van der Waals surface area contributed by atoms with Crippen LogP contribution in [0.5, 0.6) is 0 Å². The number of halogens is 1. The maximum Gasteiger partial charge on any atom is 0.246 e. The third-order valence-electron chi connectivity index (χ3n) is 3.63. The molecule has 0 bridgehead atoms. The van der Waals surface area contributed by atoms with Crippen LogP contribution in [0.15, 0.2) is 23.6 Å². The molecule has 0 N–H and O–H groups in total. The van der Waals surface area contributed by atoms with Gasteiger partial charge < -0.3 is 4.90 Å². The fourth-order valence-corrected chi connectivity index (χ4v) is 3.23. The highest BCUT2D eigenvalue weighted by molar-refractivity contribution is 9.10. The number of carbonyl (C=O) groups is 1. The van der Waals surface area contributed by atoms with Gasteiger partial charge in [0.25, 0.3) is 0 Å². The highest BCUT2D eigenvalue weighted by atomic mass is 79.9. The van der Waals surface area contributed by atoms with Crippen molar-refractivity contribution >= 4 is 32.9 Å². The molecule has 0 unspecified atom stereocenters. The van der Waals surface area contributed by atoms with Crippen molar-refractivity contribution in [2.75, 3.05) is 13.1 Å². The van der Waals surface area contributed by atoms with E-state index in [1.807, 2.05) is 11.6 Å². The molecule has 2 aromatic rings. The summed E-state index contributed by atoms with van der Waals surface area (Å²) in [6.07, 6.45) is 3.77. The van der Waals surface area contributed by atoms with Crippen LogP contribution in [0.25, 0.3) is 11.0 Å². The number of hydrogen-bond acceptors (Lipinski definition) is 4. The van der Waals surface area contributed by atoms with Crippen LogP contribution in [-0.4, -0.2) is 43.6 Å². The Morgan fingerprint density at radius 3 is 3.10 bits per heavy atom. The van der Waals surface area contributed by atoms with E-state index in [0.29, 0.717) is 6.54 Å². The summed E-state index contributed by atoms with van der Waals surface area (Å²) in [7, 11) is 0. The van der Waals surface area contributed by atoms with Crippen molar-refractivity contribution in [2.24, 2.45) is 0 Å². The van der Waals surface area contributed by atoms with Gasteiger partial charge in [-0.25, -0.2) is 14.6 Å². The van der Waals surface area contributed by atoms with E-state index in [4.69, 9.17) is 0 Å². The standard InChI is InChI=1S/C13H14BrN5O/c1-3-10(20)18-5-4-9(6-18)19-13-11(12(14)17-19)8(2)15-7-16-13/h3,7,9H,1,4-6H2,2H3/t9-/m1/s1. The lowest BCUT2D eigenvalue weighted by Crippen LogP contribution is -2.27. The highest BCUT2D eigenvalue weighted by Crippen LogP contribution is 2.29. The SMILES string of the molecule is C=CC(=O)N1CC[C@@H](n2nc(Br)c3c(C)ncnc32)C1. The molecule has 1 atom stereocenters. The van der Waals surface area contributed by atoms with Crippen LogP contribution in [-0.2, 0) is 4.79 Å². The molecule has 1 fully saturated rings. The summed E-state index contributed by atoms with van der Waals surface area (Å²) in [5.74, 6) is -0.0335. The summed E-state index contributed by atoms with van der Waals surface area (Å²) in [6, 6.07) is 0.141. The van der Waals surface area contributed by atoms with Crippen molar-refractivity contribution in [3.05, 3.63) is 29.3 Å². The molecule has 2 aromatic heterocycles. The molecule has 7 heteroatoms.